The van der Waals surface area contributed by atoms with E-state index in [4.69, 9.17) is 4.74 Å². The van der Waals surface area contributed by atoms with Gasteiger partial charge in [-0.05, 0) is 48.9 Å². The first kappa shape index (κ1) is 22.7. The molecule has 0 aliphatic carbocycles. The van der Waals surface area contributed by atoms with E-state index in [0.717, 1.165) is 23.8 Å². The molecule has 1 N–H and O–H groups in total. The van der Waals surface area contributed by atoms with Crippen molar-refractivity contribution < 1.29 is 24.2 Å². The topological polar surface area (TPSA) is 154 Å². The highest BCUT2D eigenvalue weighted by Crippen LogP contribution is 2.24. The zero-order chi connectivity index (χ0) is 24.0. The molecule has 0 aliphatic rings. The normalized spacial score (nSPS) is 10.6. The van der Waals surface area contributed by atoms with Crippen LogP contribution in [0, 0.1) is 27.2 Å². The number of nitro benzene ring substituents is 2. The number of nitro groups is 2. The maximum absolute atomic E-state index is 12.3. The van der Waals surface area contributed by atoms with E-state index in [-0.39, 0.29) is 17.2 Å². The van der Waals surface area contributed by atoms with Crippen LogP contribution in [0.3, 0.4) is 0 Å². The van der Waals surface area contributed by atoms with Gasteiger partial charge in [0, 0.05) is 17.7 Å². The van der Waals surface area contributed by atoms with Gasteiger partial charge in [0.1, 0.15) is 5.75 Å². The first-order valence-electron chi connectivity index (χ1n) is 9.39. The van der Waals surface area contributed by atoms with Crippen LogP contribution in [0.1, 0.15) is 31.8 Å². The molecule has 0 aromatic heterocycles. The van der Waals surface area contributed by atoms with Crippen molar-refractivity contribution >= 4 is 29.5 Å². The number of non-ortho nitro benzene ring substituents is 2. The molecule has 33 heavy (non-hydrogen) atoms. The highest BCUT2D eigenvalue weighted by molar-refractivity contribution is 5.95. The summed E-state index contributed by atoms with van der Waals surface area (Å²) in [5, 5.41) is 25.8. The van der Waals surface area contributed by atoms with Gasteiger partial charge < -0.3 is 4.74 Å². The Kier molecular flexibility index (Phi) is 6.84. The van der Waals surface area contributed by atoms with E-state index in [0.29, 0.717) is 11.1 Å². The van der Waals surface area contributed by atoms with Gasteiger partial charge in [-0.25, -0.2) is 10.2 Å². The predicted molar refractivity (Wildman–Crippen MR) is 117 cm³/mol. The summed E-state index contributed by atoms with van der Waals surface area (Å²) in [5.41, 5.74) is 2.87. The van der Waals surface area contributed by atoms with Gasteiger partial charge in [-0.1, -0.05) is 17.7 Å². The second-order valence-corrected chi connectivity index (χ2v) is 6.78. The van der Waals surface area contributed by atoms with Crippen LogP contribution in [0.2, 0.25) is 0 Å². The molecule has 0 bridgehead atoms. The SMILES string of the molecule is Cc1cccc(C(=O)NN=Cc2ccc(OC(=O)c3cc([N+](=O)[O-])cc([N+](=O)[O-])c3)cc2)c1. The summed E-state index contributed by atoms with van der Waals surface area (Å²) in [6, 6.07) is 15.6. The molecule has 0 unspecified atom stereocenters. The summed E-state index contributed by atoms with van der Waals surface area (Å²) in [6.45, 7) is 1.87. The average molecular weight is 448 g/mol. The molecular formula is C22H16N4O7. The van der Waals surface area contributed by atoms with E-state index in [9.17, 15) is 29.8 Å². The van der Waals surface area contributed by atoms with Crippen LogP contribution in [0.4, 0.5) is 11.4 Å². The molecule has 0 fully saturated rings. The fraction of sp³-hybridized carbons (Fsp3) is 0.0455. The van der Waals surface area contributed by atoms with E-state index < -0.39 is 27.2 Å². The van der Waals surface area contributed by atoms with Crippen molar-refractivity contribution in [3.05, 3.63) is 109 Å². The van der Waals surface area contributed by atoms with Gasteiger partial charge in [-0.3, -0.25) is 25.0 Å². The van der Waals surface area contributed by atoms with E-state index in [2.05, 4.69) is 10.5 Å². The number of amides is 1. The number of aryl methyl sites for hydroxylation is 1. The second kappa shape index (κ2) is 9.92. The summed E-state index contributed by atoms with van der Waals surface area (Å²) in [5.74, 6) is -1.25. The lowest BCUT2D eigenvalue weighted by molar-refractivity contribution is -0.394. The van der Waals surface area contributed by atoms with E-state index in [1.165, 1.54) is 18.3 Å². The first-order valence-corrected chi connectivity index (χ1v) is 9.39. The van der Waals surface area contributed by atoms with Crippen molar-refractivity contribution in [1.82, 2.24) is 5.43 Å². The zero-order valence-electron chi connectivity index (χ0n) is 17.1. The molecular weight excluding hydrogens is 432 g/mol. The number of hydrogen-bond donors (Lipinski definition) is 1. The van der Waals surface area contributed by atoms with Gasteiger partial charge in [-0.15, -0.1) is 0 Å². The van der Waals surface area contributed by atoms with Gasteiger partial charge in [-0.2, -0.15) is 5.10 Å². The predicted octanol–water partition coefficient (Wildman–Crippen LogP) is 3.79. The molecule has 0 saturated carbocycles. The molecule has 3 rings (SSSR count). The molecule has 166 valence electrons. The van der Waals surface area contributed by atoms with Crippen LogP contribution in [-0.2, 0) is 0 Å². The molecule has 0 saturated heterocycles. The molecule has 3 aromatic rings. The maximum atomic E-state index is 12.3. The van der Waals surface area contributed by atoms with E-state index in [1.54, 1.807) is 30.3 Å². The number of hydrogen-bond acceptors (Lipinski definition) is 8. The summed E-state index contributed by atoms with van der Waals surface area (Å²) in [7, 11) is 0. The molecule has 11 nitrogen and oxygen atoms in total. The fourth-order valence-electron chi connectivity index (χ4n) is 2.73. The lowest BCUT2D eigenvalue weighted by Gasteiger charge is -2.05. The Hall–Kier alpha value is -4.93. The molecule has 1 amide bonds. The van der Waals surface area contributed by atoms with Gasteiger partial charge in [0.25, 0.3) is 17.3 Å². The lowest BCUT2D eigenvalue weighted by Crippen LogP contribution is -2.17. The van der Waals surface area contributed by atoms with Crippen LogP contribution in [-0.4, -0.2) is 27.9 Å². The summed E-state index contributed by atoms with van der Waals surface area (Å²) < 4.78 is 5.14. The van der Waals surface area contributed by atoms with Crippen molar-refractivity contribution in [2.75, 3.05) is 0 Å². The third-order valence-corrected chi connectivity index (χ3v) is 4.31. The maximum Gasteiger partial charge on any atom is 0.344 e. The molecule has 0 heterocycles. The van der Waals surface area contributed by atoms with Crippen LogP contribution in [0.25, 0.3) is 0 Å². The zero-order valence-corrected chi connectivity index (χ0v) is 17.1. The Morgan fingerprint density at radius 1 is 0.909 bits per heavy atom. The third-order valence-electron chi connectivity index (χ3n) is 4.31. The minimum atomic E-state index is -0.992. The Bertz CT molecular complexity index is 1240. The molecule has 0 aliphatic heterocycles. The number of carbonyl (C=O) groups is 2. The van der Waals surface area contributed by atoms with Crippen molar-refractivity contribution in [3.63, 3.8) is 0 Å². The minimum Gasteiger partial charge on any atom is -0.423 e. The third kappa shape index (κ3) is 6.04. The number of hydrazone groups is 1. The molecule has 0 spiro atoms. The Balaban J connectivity index is 1.65. The van der Waals surface area contributed by atoms with E-state index >= 15 is 0 Å². The fourth-order valence-corrected chi connectivity index (χ4v) is 2.73. The first-order chi connectivity index (χ1) is 15.7. The lowest BCUT2D eigenvalue weighted by atomic mass is 10.1. The molecule has 3 aromatic carbocycles. The van der Waals surface area contributed by atoms with Crippen molar-refractivity contribution in [2.45, 2.75) is 6.92 Å². The van der Waals surface area contributed by atoms with Crippen LogP contribution < -0.4 is 10.2 Å². The van der Waals surface area contributed by atoms with Gasteiger partial charge >= 0.3 is 5.97 Å². The summed E-state index contributed by atoms with van der Waals surface area (Å²) in [4.78, 5) is 44.6. The van der Waals surface area contributed by atoms with Crippen molar-refractivity contribution in [2.24, 2.45) is 5.10 Å². The van der Waals surface area contributed by atoms with Gasteiger partial charge in [0.2, 0.25) is 0 Å². The van der Waals surface area contributed by atoms with Gasteiger partial charge in [0.15, 0.2) is 0 Å². The smallest absolute Gasteiger partial charge is 0.344 e. The standard InChI is InChI=1S/C22H16N4O7/c1-14-3-2-4-16(9-14)21(27)24-23-13-15-5-7-20(8-6-15)33-22(28)17-10-18(25(29)30)12-19(11-17)26(31)32/h2-13H,1H3,(H,24,27). The number of carbonyl (C=O) groups excluding carboxylic acids is 2. The van der Waals surface area contributed by atoms with Crippen molar-refractivity contribution in [3.8, 4) is 5.75 Å². The van der Waals surface area contributed by atoms with Crippen molar-refractivity contribution in [1.29, 1.82) is 0 Å². The second-order valence-electron chi connectivity index (χ2n) is 6.78. The number of ether oxygens (including phenoxy) is 1. The van der Waals surface area contributed by atoms with Crippen LogP contribution in [0.15, 0.2) is 71.8 Å². The number of esters is 1. The summed E-state index contributed by atoms with van der Waals surface area (Å²) >= 11 is 0. The number of benzene rings is 3. The minimum absolute atomic E-state index is 0.107. The quantitative estimate of drug-likeness (QED) is 0.190. The van der Waals surface area contributed by atoms with Gasteiger partial charge in [0.05, 0.1) is 27.7 Å². The number of nitrogens with zero attached hydrogens (tertiary/aromatic N) is 3. The largest absolute Gasteiger partial charge is 0.423 e. The number of nitrogens with one attached hydrogen (secondary N) is 1. The highest BCUT2D eigenvalue weighted by Gasteiger charge is 2.21. The summed E-state index contributed by atoms with van der Waals surface area (Å²) in [6.07, 6.45) is 1.39. The van der Waals surface area contributed by atoms with E-state index in [1.807, 2.05) is 13.0 Å². The Morgan fingerprint density at radius 2 is 1.55 bits per heavy atom. The molecule has 11 heteroatoms. The van der Waals surface area contributed by atoms with Crippen LogP contribution >= 0.6 is 0 Å². The average Bonchev–Trinajstić information content (AvgIpc) is 2.79. The molecule has 0 atom stereocenters. The highest BCUT2D eigenvalue weighted by atomic mass is 16.6. The Labute approximate surface area is 186 Å². The Morgan fingerprint density at radius 3 is 2.12 bits per heavy atom. The monoisotopic (exact) mass is 448 g/mol. The van der Waals surface area contributed by atoms with Crippen LogP contribution in [0.5, 0.6) is 5.75 Å². The number of rotatable bonds is 7. The molecule has 0 radical (unpaired) electrons.